The second-order valence-corrected chi connectivity index (χ2v) is 5.20. The number of hydrogen-bond acceptors (Lipinski definition) is 3. The molecular formula is C17H11ClO3. The van der Waals surface area contributed by atoms with Crippen LogP contribution in [0.5, 0.6) is 0 Å². The first-order valence-corrected chi connectivity index (χ1v) is 6.77. The molecule has 0 saturated heterocycles. The zero-order chi connectivity index (χ0) is 15.0. The highest BCUT2D eigenvalue weighted by atomic mass is 35.5. The molecule has 3 nitrogen and oxygen atoms in total. The van der Waals surface area contributed by atoms with Gasteiger partial charge < -0.3 is 4.42 Å². The summed E-state index contributed by atoms with van der Waals surface area (Å²) in [5, 5.41) is 1.39. The maximum Gasteiger partial charge on any atom is 0.347 e. The molecule has 104 valence electrons. The molecule has 0 bridgehead atoms. The largest absolute Gasteiger partial charge is 0.422 e. The van der Waals surface area contributed by atoms with E-state index in [1.807, 2.05) is 36.4 Å². The van der Waals surface area contributed by atoms with Crippen LogP contribution in [0.3, 0.4) is 0 Å². The van der Waals surface area contributed by atoms with Gasteiger partial charge in [-0.2, -0.15) is 0 Å². The van der Waals surface area contributed by atoms with Gasteiger partial charge in [-0.15, -0.1) is 0 Å². The maximum atomic E-state index is 11.7. The fraction of sp³-hybridized carbons (Fsp3) is 0.0588. The lowest BCUT2D eigenvalue weighted by atomic mass is 10.0. The van der Waals surface area contributed by atoms with E-state index in [9.17, 15) is 9.59 Å². The third kappa shape index (κ3) is 2.60. The number of hydrogen-bond donors (Lipinski definition) is 0. The molecule has 2 aromatic carbocycles. The molecule has 1 aromatic heterocycles. The van der Waals surface area contributed by atoms with Gasteiger partial charge in [-0.05, 0) is 48.4 Å². The van der Waals surface area contributed by atoms with Crippen molar-refractivity contribution in [2.75, 3.05) is 0 Å². The van der Waals surface area contributed by atoms with Gasteiger partial charge in [-0.3, -0.25) is 4.79 Å². The van der Waals surface area contributed by atoms with Crippen LogP contribution in [0.25, 0.3) is 22.1 Å². The van der Waals surface area contributed by atoms with E-state index >= 15 is 0 Å². The average Bonchev–Trinajstić information content (AvgIpc) is 2.46. The van der Waals surface area contributed by atoms with Crippen LogP contribution in [0.15, 0.2) is 57.7 Å². The summed E-state index contributed by atoms with van der Waals surface area (Å²) in [5.74, 6) is -0.303. The summed E-state index contributed by atoms with van der Waals surface area (Å²) in [5.41, 5.74) is 1.88. The lowest BCUT2D eigenvalue weighted by Gasteiger charge is -2.04. The van der Waals surface area contributed by atoms with Gasteiger partial charge >= 0.3 is 5.63 Å². The van der Waals surface area contributed by atoms with E-state index in [1.165, 1.54) is 6.92 Å². The standard InChI is InChI=1S/C17H11ClO3/c1-10(19)15-9-13-8-12(4-7-16(13)21-17(15)20)11-2-5-14(18)6-3-11/h2-9H,1H3. The van der Waals surface area contributed by atoms with Crippen LogP contribution in [0.2, 0.25) is 5.02 Å². The number of rotatable bonds is 2. The van der Waals surface area contributed by atoms with Gasteiger partial charge in [0, 0.05) is 10.4 Å². The Morgan fingerprint density at radius 1 is 1.00 bits per heavy atom. The van der Waals surface area contributed by atoms with Crippen molar-refractivity contribution in [3.63, 3.8) is 0 Å². The lowest BCUT2D eigenvalue weighted by Crippen LogP contribution is -2.10. The fourth-order valence-corrected chi connectivity index (χ4v) is 2.32. The quantitative estimate of drug-likeness (QED) is 0.523. The van der Waals surface area contributed by atoms with E-state index in [-0.39, 0.29) is 11.3 Å². The molecule has 0 fully saturated rings. The van der Waals surface area contributed by atoms with Crippen molar-refractivity contribution in [3.8, 4) is 11.1 Å². The molecule has 21 heavy (non-hydrogen) atoms. The van der Waals surface area contributed by atoms with E-state index in [0.29, 0.717) is 16.0 Å². The summed E-state index contributed by atoms with van der Waals surface area (Å²) in [7, 11) is 0. The van der Waals surface area contributed by atoms with E-state index in [1.54, 1.807) is 12.1 Å². The van der Waals surface area contributed by atoms with Crippen molar-refractivity contribution in [1.82, 2.24) is 0 Å². The Morgan fingerprint density at radius 3 is 2.33 bits per heavy atom. The number of halogens is 1. The van der Waals surface area contributed by atoms with Crippen LogP contribution >= 0.6 is 11.6 Å². The summed E-state index contributed by atoms with van der Waals surface area (Å²) < 4.78 is 5.17. The molecule has 0 aliphatic carbocycles. The second kappa shape index (κ2) is 5.19. The first kappa shape index (κ1) is 13.6. The molecule has 0 unspecified atom stereocenters. The van der Waals surface area contributed by atoms with Crippen LogP contribution in [0, 0.1) is 0 Å². The average molecular weight is 299 g/mol. The highest BCUT2D eigenvalue weighted by molar-refractivity contribution is 6.30. The Bertz CT molecular complexity index is 892. The van der Waals surface area contributed by atoms with Crippen molar-refractivity contribution in [2.24, 2.45) is 0 Å². The number of fused-ring (bicyclic) bond motifs is 1. The van der Waals surface area contributed by atoms with Crippen LogP contribution in [-0.4, -0.2) is 5.78 Å². The van der Waals surface area contributed by atoms with E-state index < -0.39 is 5.63 Å². The minimum atomic E-state index is -0.603. The lowest BCUT2D eigenvalue weighted by molar-refractivity contribution is 0.101. The molecule has 3 aromatic rings. The Morgan fingerprint density at radius 2 is 1.67 bits per heavy atom. The third-order valence-electron chi connectivity index (χ3n) is 3.29. The third-order valence-corrected chi connectivity index (χ3v) is 3.54. The number of ketones is 1. The summed E-state index contributed by atoms with van der Waals surface area (Å²) in [6, 6.07) is 14.5. The Hall–Kier alpha value is -2.39. The number of carbonyl (C=O) groups excluding carboxylic acids is 1. The van der Waals surface area contributed by atoms with Gasteiger partial charge in [0.2, 0.25) is 0 Å². The van der Waals surface area contributed by atoms with Crippen LogP contribution < -0.4 is 5.63 Å². The molecule has 0 spiro atoms. The minimum Gasteiger partial charge on any atom is -0.422 e. The molecule has 0 aliphatic rings. The van der Waals surface area contributed by atoms with E-state index in [4.69, 9.17) is 16.0 Å². The fourth-order valence-electron chi connectivity index (χ4n) is 2.19. The molecule has 3 rings (SSSR count). The first-order valence-electron chi connectivity index (χ1n) is 6.39. The number of carbonyl (C=O) groups is 1. The summed E-state index contributed by atoms with van der Waals surface area (Å²) in [4.78, 5) is 23.1. The van der Waals surface area contributed by atoms with Crippen molar-refractivity contribution < 1.29 is 9.21 Å². The van der Waals surface area contributed by atoms with Crippen molar-refractivity contribution in [3.05, 3.63) is 69.5 Å². The molecule has 0 saturated carbocycles. The predicted octanol–water partition coefficient (Wildman–Crippen LogP) is 4.32. The molecule has 1 heterocycles. The monoisotopic (exact) mass is 298 g/mol. The highest BCUT2D eigenvalue weighted by Crippen LogP contribution is 2.25. The molecule has 4 heteroatoms. The Balaban J connectivity index is 2.19. The van der Waals surface area contributed by atoms with Gasteiger partial charge in [0.05, 0.1) is 0 Å². The van der Waals surface area contributed by atoms with Crippen molar-refractivity contribution >= 4 is 28.4 Å². The molecule has 0 atom stereocenters. The molecule has 0 amide bonds. The zero-order valence-corrected chi connectivity index (χ0v) is 12.0. The minimum absolute atomic E-state index is 0.0655. The van der Waals surface area contributed by atoms with Crippen LogP contribution in [0.1, 0.15) is 17.3 Å². The number of Topliss-reactive ketones (excluding diaryl/α,β-unsaturated/α-hetero) is 1. The van der Waals surface area contributed by atoms with E-state index in [2.05, 4.69) is 0 Å². The van der Waals surface area contributed by atoms with Gasteiger partial charge in [0.15, 0.2) is 5.78 Å². The Kier molecular flexibility index (Phi) is 3.35. The molecule has 0 N–H and O–H groups in total. The summed E-state index contributed by atoms with van der Waals surface area (Å²) in [6.07, 6.45) is 0. The number of benzene rings is 2. The summed E-state index contributed by atoms with van der Waals surface area (Å²) >= 11 is 5.88. The van der Waals surface area contributed by atoms with Gasteiger partial charge in [-0.1, -0.05) is 29.8 Å². The van der Waals surface area contributed by atoms with Crippen molar-refractivity contribution in [1.29, 1.82) is 0 Å². The molecular weight excluding hydrogens is 288 g/mol. The van der Waals surface area contributed by atoms with Gasteiger partial charge in [0.25, 0.3) is 0 Å². The van der Waals surface area contributed by atoms with Crippen LogP contribution in [0.4, 0.5) is 0 Å². The predicted molar refractivity (Wildman–Crippen MR) is 82.9 cm³/mol. The van der Waals surface area contributed by atoms with Crippen LogP contribution in [-0.2, 0) is 0 Å². The topological polar surface area (TPSA) is 47.3 Å². The molecule has 0 aliphatic heterocycles. The second-order valence-electron chi connectivity index (χ2n) is 4.76. The normalized spacial score (nSPS) is 10.8. The van der Waals surface area contributed by atoms with Gasteiger partial charge in [0.1, 0.15) is 11.1 Å². The van der Waals surface area contributed by atoms with Crippen molar-refractivity contribution in [2.45, 2.75) is 6.92 Å². The molecule has 0 radical (unpaired) electrons. The van der Waals surface area contributed by atoms with E-state index in [0.717, 1.165) is 11.1 Å². The Labute approximate surface area is 125 Å². The smallest absolute Gasteiger partial charge is 0.347 e. The summed E-state index contributed by atoms with van der Waals surface area (Å²) in [6.45, 7) is 1.35. The SMILES string of the molecule is CC(=O)c1cc2cc(-c3ccc(Cl)cc3)ccc2oc1=O. The zero-order valence-electron chi connectivity index (χ0n) is 11.2. The highest BCUT2D eigenvalue weighted by Gasteiger charge is 2.10. The van der Waals surface area contributed by atoms with Gasteiger partial charge in [-0.25, -0.2) is 4.79 Å². The first-order chi connectivity index (χ1) is 10.0. The maximum absolute atomic E-state index is 11.7.